The van der Waals surface area contributed by atoms with Crippen molar-refractivity contribution in [2.45, 2.75) is 44.2 Å². The van der Waals surface area contributed by atoms with Gasteiger partial charge >= 0.3 is 23.9 Å². The number of anilines is 1. The van der Waals surface area contributed by atoms with Gasteiger partial charge in [-0.3, -0.25) is 4.79 Å². The van der Waals surface area contributed by atoms with Crippen LogP contribution >= 0.6 is 22.7 Å². The molecule has 36 heavy (non-hydrogen) atoms. The number of urea groups is 1. The van der Waals surface area contributed by atoms with Gasteiger partial charge in [-0.2, -0.15) is 0 Å². The van der Waals surface area contributed by atoms with Gasteiger partial charge in [0.05, 0.1) is 10.6 Å². The minimum Gasteiger partial charge on any atom is -0.481 e. The van der Waals surface area contributed by atoms with Crippen molar-refractivity contribution in [3.05, 3.63) is 35.7 Å². The van der Waals surface area contributed by atoms with E-state index in [1.165, 1.54) is 21.4 Å². The number of carbonyl (C=O) groups excluding carboxylic acids is 1. The first-order valence-corrected chi connectivity index (χ1v) is 12.9. The van der Waals surface area contributed by atoms with Gasteiger partial charge in [-0.05, 0) is 43.2 Å². The number of carbonyl (C=O) groups is 4. The molecule has 1 aromatic carbocycles. The summed E-state index contributed by atoms with van der Waals surface area (Å²) in [7, 11) is 0. The largest absolute Gasteiger partial charge is 0.481 e. The van der Waals surface area contributed by atoms with Crippen molar-refractivity contribution in [2.75, 3.05) is 11.9 Å². The summed E-state index contributed by atoms with van der Waals surface area (Å²) in [6, 6.07) is 6.62. The number of aromatic nitrogens is 1. The summed E-state index contributed by atoms with van der Waals surface area (Å²) in [5.74, 6) is -3.85. The number of thiazole rings is 1. The fourth-order valence-corrected chi connectivity index (χ4v) is 5.22. The second-order valence-electron chi connectivity index (χ2n) is 7.94. The van der Waals surface area contributed by atoms with Crippen LogP contribution in [0.15, 0.2) is 35.7 Å². The number of amides is 2. The normalized spacial score (nSPS) is 12.6. The highest BCUT2D eigenvalue weighted by atomic mass is 32.1. The zero-order chi connectivity index (χ0) is 26.1. The molecule has 2 atom stereocenters. The Hall–Kier alpha value is -3.71. The number of rotatable bonds is 14. The van der Waals surface area contributed by atoms with Crippen LogP contribution < -0.4 is 16.0 Å². The Morgan fingerprint density at radius 1 is 0.944 bits per heavy atom. The molecule has 0 radical (unpaired) electrons. The third-order valence-corrected chi connectivity index (χ3v) is 7.17. The molecule has 0 saturated heterocycles. The van der Waals surface area contributed by atoms with Gasteiger partial charge in [0.2, 0.25) is 0 Å². The topological polar surface area (TPSA) is 178 Å². The minimum atomic E-state index is -1.43. The quantitative estimate of drug-likeness (QED) is 0.168. The van der Waals surface area contributed by atoms with Crippen molar-refractivity contribution in [3.63, 3.8) is 0 Å². The number of nitrogens with zero attached hydrogens (tertiary/aromatic N) is 1. The summed E-state index contributed by atoms with van der Waals surface area (Å²) in [6.45, 7) is 0.564. The number of thiophene rings is 1. The van der Waals surface area contributed by atoms with Gasteiger partial charge in [0.25, 0.3) is 0 Å². The van der Waals surface area contributed by atoms with E-state index < -0.39 is 42.4 Å². The number of hydrogen-bond acceptors (Lipinski definition) is 8. The Kier molecular flexibility index (Phi) is 9.59. The number of fused-ring (bicyclic) bond motifs is 1. The van der Waals surface area contributed by atoms with Gasteiger partial charge in [0, 0.05) is 23.0 Å². The van der Waals surface area contributed by atoms with Gasteiger partial charge in [-0.25, -0.2) is 19.4 Å². The molecule has 1 unspecified atom stereocenters. The molecule has 0 aliphatic carbocycles. The van der Waals surface area contributed by atoms with Crippen LogP contribution in [0.5, 0.6) is 0 Å². The number of carboxylic acids is 3. The molecular weight excluding hydrogens is 508 g/mol. The summed E-state index contributed by atoms with van der Waals surface area (Å²) in [6.07, 6.45) is 0.490. The number of carboxylic acid groups (broad SMARTS) is 3. The molecule has 0 fully saturated rings. The number of aliphatic carboxylic acids is 3. The van der Waals surface area contributed by atoms with Gasteiger partial charge in [-0.1, -0.05) is 18.2 Å². The zero-order valence-corrected chi connectivity index (χ0v) is 20.7. The van der Waals surface area contributed by atoms with E-state index in [0.717, 1.165) is 15.7 Å². The van der Waals surface area contributed by atoms with Crippen LogP contribution in [0.4, 0.5) is 9.93 Å². The molecule has 0 saturated carbocycles. The minimum absolute atomic E-state index is 0.141. The second kappa shape index (κ2) is 12.8. The maximum atomic E-state index is 12.1. The molecule has 0 spiro atoms. The SMILES string of the molecule is O=C(O)CCC(NC(=O)N[C@@H](CCCCNc1nc(-c2cc3ccccc3s2)cs1)C(=O)O)C(=O)O. The fourth-order valence-electron chi connectivity index (χ4n) is 3.39. The lowest BCUT2D eigenvalue weighted by atomic mass is 10.1. The van der Waals surface area contributed by atoms with Crippen molar-refractivity contribution in [1.82, 2.24) is 15.6 Å². The summed E-state index contributed by atoms with van der Waals surface area (Å²) < 4.78 is 1.20. The molecule has 11 nitrogen and oxygen atoms in total. The highest BCUT2D eigenvalue weighted by molar-refractivity contribution is 7.22. The van der Waals surface area contributed by atoms with E-state index in [4.69, 9.17) is 10.2 Å². The first-order valence-electron chi connectivity index (χ1n) is 11.2. The third kappa shape index (κ3) is 7.92. The standard InChI is InChI=1S/C23H26N4O7S2/c28-19(29)9-8-15(21(32)33)26-22(34)25-14(20(30)31)6-3-4-10-24-23-27-16(12-35-23)18-11-13-5-1-2-7-17(13)36-18/h1-2,5,7,11-12,14-15H,3-4,6,8-10H2,(H,24,27)(H,28,29)(H,30,31)(H,32,33)(H2,25,26,34)/t14-,15?/m0/s1. The van der Waals surface area contributed by atoms with E-state index in [0.29, 0.717) is 19.4 Å². The molecule has 2 heterocycles. The molecule has 2 aromatic heterocycles. The van der Waals surface area contributed by atoms with E-state index in [1.807, 2.05) is 17.5 Å². The average Bonchev–Trinajstić information content (AvgIpc) is 3.47. The smallest absolute Gasteiger partial charge is 0.326 e. The Labute approximate surface area is 214 Å². The molecule has 3 aromatic rings. The van der Waals surface area contributed by atoms with Gasteiger partial charge in [0.1, 0.15) is 12.1 Å². The van der Waals surface area contributed by atoms with Crippen LogP contribution in [0.25, 0.3) is 20.7 Å². The molecule has 13 heteroatoms. The Balaban J connectivity index is 1.41. The highest BCUT2D eigenvalue weighted by Gasteiger charge is 2.24. The molecule has 6 N–H and O–H groups in total. The molecule has 0 bridgehead atoms. The first-order chi connectivity index (χ1) is 17.2. The lowest BCUT2D eigenvalue weighted by Crippen LogP contribution is -2.51. The van der Waals surface area contributed by atoms with E-state index in [1.54, 1.807) is 11.3 Å². The van der Waals surface area contributed by atoms with Crippen molar-refractivity contribution in [3.8, 4) is 10.6 Å². The van der Waals surface area contributed by atoms with E-state index in [2.05, 4.69) is 39.1 Å². The van der Waals surface area contributed by atoms with E-state index in [9.17, 15) is 24.3 Å². The lowest BCUT2D eigenvalue weighted by Gasteiger charge is -2.18. The number of hydrogen-bond donors (Lipinski definition) is 6. The fraction of sp³-hybridized carbons (Fsp3) is 0.348. The van der Waals surface area contributed by atoms with Crippen LogP contribution in [0, 0.1) is 0 Å². The van der Waals surface area contributed by atoms with Gasteiger partial charge < -0.3 is 31.3 Å². The summed E-state index contributed by atoms with van der Waals surface area (Å²) in [5.41, 5.74) is 0.896. The molecule has 0 aliphatic heterocycles. The molecule has 0 aliphatic rings. The predicted octanol–water partition coefficient (Wildman–Crippen LogP) is 3.68. The van der Waals surface area contributed by atoms with E-state index in [-0.39, 0.29) is 12.8 Å². The van der Waals surface area contributed by atoms with Crippen LogP contribution in [0.1, 0.15) is 32.1 Å². The summed E-state index contributed by atoms with van der Waals surface area (Å²) in [4.78, 5) is 51.1. The predicted molar refractivity (Wildman–Crippen MR) is 137 cm³/mol. The number of benzene rings is 1. The second-order valence-corrected chi connectivity index (χ2v) is 9.88. The van der Waals surface area contributed by atoms with Crippen molar-refractivity contribution in [2.24, 2.45) is 0 Å². The third-order valence-electron chi connectivity index (χ3n) is 5.23. The van der Waals surface area contributed by atoms with Crippen LogP contribution in [-0.2, 0) is 14.4 Å². The summed E-state index contributed by atoms with van der Waals surface area (Å²) >= 11 is 3.16. The Morgan fingerprint density at radius 2 is 1.64 bits per heavy atom. The van der Waals surface area contributed by atoms with Crippen LogP contribution in [-0.4, -0.2) is 62.9 Å². The van der Waals surface area contributed by atoms with Crippen LogP contribution in [0.3, 0.4) is 0 Å². The highest BCUT2D eigenvalue weighted by Crippen LogP contribution is 2.34. The number of nitrogens with one attached hydrogen (secondary N) is 3. The van der Waals surface area contributed by atoms with Crippen molar-refractivity contribution < 1.29 is 34.5 Å². The first kappa shape index (κ1) is 26.9. The average molecular weight is 535 g/mol. The van der Waals surface area contributed by atoms with Crippen molar-refractivity contribution >= 4 is 61.8 Å². The zero-order valence-electron chi connectivity index (χ0n) is 19.1. The Bertz CT molecular complexity index is 1190. The van der Waals surface area contributed by atoms with Crippen LogP contribution in [0.2, 0.25) is 0 Å². The molecular formula is C23H26N4O7S2. The maximum absolute atomic E-state index is 12.1. The monoisotopic (exact) mass is 534 g/mol. The maximum Gasteiger partial charge on any atom is 0.326 e. The van der Waals surface area contributed by atoms with Gasteiger partial charge in [0.15, 0.2) is 5.13 Å². The van der Waals surface area contributed by atoms with E-state index >= 15 is 0 Å². The summed E-state index contributed by atoms with van der Waals surface area (Å²) in [5, 5.41) is 38.7. The van der Waals surface area contributed by atoms with Gasteiger partial charge in [-0.15, -0.1) is 22.7 Å². The molecule has 3 rings (SSSR count). The lowest BCUT2D eigenvalue weighted by molar-refractivity contribution is -0.140. The molecule has 2 amide bonds. The molecule has 192 valence electrons. The van der Waals surface area contributed by atoms with Crippen molar-refractivity contribution in [1.29, 1.82) is 0 Å². The number of unbranched alkanes of at least 4 members (excludes halogenated alkanes) is 1. The Morgan fingerprint density at radius 3 is 2.31 bits per heavy atom.